The molecule has 162 valence electrons. The second-order valence-corrected chi connectivity index (χ2v) is 8.26. The standard InChI is InChI=1S/C25H21ClFN3O2/c1-32-18-11-9-17(10-12-18)29-14-16(13-24(29)31)25-28-22-7-2-3-8-23(22)30(25)15-19-20(26)5-4-6-21(19)27/h2-12,16H,13-15H2,1H3. The Bertz CT molecular complexity index is 1280. The van der Waals surface area contributed by atoms with E-state index in [1.165, 1.54) is 6.07 Å². The van der Waals surface area contributed by atoms with Gasteiger partial charge in [0.1, 0.15) is 17.4 Å². The van der Waals surface area contributed by atoms with Crippen LogP contribution in [0.4, 0.5) is 10.1 Å². The number of carbonyl (C=O) groups excluding carboxylic acids is 1. The van der Waals surface area contributed by atoms with Crippen LogP contribution in [0.25, 0.3) is 11.0 Å². The molecule has 5 nitrogen and oxygen atoms in total. The lowest BCUT2D eigenvalue weighted by Gasteiger charge is -2.18. The third-order valence-corrected chi connectivity index (χ3v) is 6.29. The lowest BCUT2D eigenvalue weighted by molar-refractivity contribution is -0.117. The summed E-state index contributed by atoms with van der Waals surface area (Å²) in [6, 6.07) is 19.8. The fourth-order valence-corrected chi connectivity index (χ4v) is 4.53. The Morgan fingerprint density at radius 2 is 1.88 bits per heavy atom. The van der Waals surface area contributed by atoms with Gasteiger partial charge in [-0.2, -0.15) is 0 Å². The summed E-state index contributed by atoms with van der Waals surface area (Å²) in [6.07, 6.45) is 0.334. The van der Waals surface area contributed by atoms with Crippen LogP contribution in [-0.2, 0) is 11.3 Å². The van der Waals surface area contributed by atoms with Gasteiger partial charge in [-0.05, 0) is 48.5 Å². The smallest absolute Gasteiger partial charge is 0.227 e. The second kappa shape index (κ2) is 8.28. The Kier molecular flexibility index (Phi) is 5.31. The lowest BCUT2D eigenvalue weighted by atomic mass is 10.1. The molecule has 0 radical (unpaired) electrons. The molecule has 32 heavy (non-hydrogen) atoms. The number of halogens is 2. The highest BCUT2D eigenvalue weighted by Crippen LogP contribution is 2.34. The molecule has 0 bridgehead atoms. The summed E-state index contributed by atoms with van der Waals surface area (Å²) in [5, 5.41) is 0.371. The maximum absolute atomic E-state index is 14.6. The van der Waals surface area contributed by atoms with Crippen molar-refractivity contribution in [2.45, 2.75) is 18.9 Å². The van der Waals surface area contributed by atoms with Crippen molar-refractivity contribution in [3.05, 3.63) is 89.0 Å². The molecule has 5 rings (SSSR count). The molecule has 1 saturated heterocycles. The van der Waals surface area contributed by atoms with Crippen LogP contribution in [0, 0.1) is 5.82 Å². The molecule has 4 aromatic rings. The molecule has 1 aliphatic rings. The Morgan fingerprint density at radius 1 is 1.09 bits per heavy atom. The van der Waals surface area contributed by atoms with Crippen molar-refractivity contribution in [1.82, 2.24) is 9.55 Å². The molecule has 3 aromatic carbocycles. The van der Waals surface area contributed by atoms with Gasteiger partial charge in [-0.25, -0.2) is 9.37 Å². The van der Waals surface area contributed by atoms with E-state index in [1.807, 2.05) is 53.1 Å². The van der Waals surface area contributed by atoms with E-state index >= 15 is 0 Å². The molecule has 1 amide bonds. The highest BCUT2D eigenvalue weighted by atomic mass is 35.5. The molecule has 1 aromatic heterocycles. The molecular formula is C25H21ClFN3O2. The minimum Gasteiger partial charge on any atom is -0.497 e. The number of ether oxygens (including phenoxy) is 1. The zero-order chi connectivity index (χ0) is 22.2. The van der Waals surface area contributed by atoms with E-state index < -0.39 is 0 Å². The van der Waals surface area contributed by atoms with Crippen molar-refractivity contribution in [3.8, 4) is 5.75 Å². The summed E-state index contributed by atoms with van der Waals surface area (Å²) in [5.41, 5.74) is 2.93. The Balaban J connectivity index is 1.53. The van der Waals surface area contributed by atoms with Gasteiger partial charge in [0.2, 0.25) is 5.91 Å². The van der Waals surface area contributed by atoms with Crippen molar-refractivity contribution >= 4 is 34.2 Å². The number of carbonyl (C=O) groups is 1. The SMILES string of the molecule is COc1ccc(N2CC(c3nc4ccccc4n3Cc3c(F)cccc3Cl)CC2=O)cc1. The van der Waals surface area contributed by atoms with Crippen molar-refractivity contribution in [1.29, 1.82) is 0 Å². The Morgan fingerprint density at radius 3 is 2.62 bits per heavy atom. The topological polar surface area (TPSA) is 47.4 Å². The summed E-state index contributed by atoms with van der Waals surface area (Å²) in [7, 11) is 1.61. The van der Waals surface area contributed by atoms with Crippen molar-refractivity contribution in [2.24, 2.45) is 0 Å². The van der Waals surface area contributed by atoms with Gasteiger partial charge >= 0.3 is 0 Å². The van der Waals surface area contributed by atoms with Crippen molar-refractivity contribution < 1.29 is 13.9 Å². The third kappa shape index (κ3) is 3.60. The van der Waals surface area contributed by atoms with Gasteiger partial charge in [0, 0.05) is 35.2 Å². The average Bonchev–Trinajstić information content (AvgIpc) is 3.37. The van der Waals surface area contributed by atoms with E-state index in [-0.39, 0.29) is 24.2 Å². The number of methoxy groups -OCH3 is 1. The number of amides is 1. The van der Waals surface area contributed by atoms with E-state index in [1.54, 1.807) is 24.1 Å². The number of imidazole rings is 1. The number of hydrogen-bond donors (Lipinski definition) is 0. The van der Waals surface area contributed by atoms with E-state index in [0.717, 1.165) is 28.3 Å². The molecular weight excluding hydrogens is 429 g/mol. The molecule has 0 spiro atoms. The number of nitrogens with zero attached hydrogens (tertiary/aromatic N) is 3. The van der Waals surface area contributed by atoms with Gasteiger partial charge in [-0.15, -0.1) is 0 Å². The fourth-order valence-electron chi connectivity index (χ4n) is 4.31. The van der Waals surface area contributed by atoms with E-state index in [2.05, 4.69) is 0 Å². The largest absolute Gasteiger partial charge is 0.497 e. The van der Waals surface area contributed by atoms with Gasteiger partial charge in [0.25, 0.3) is 0 Å². The maximum atomic E-state index is 14.6. The maximum Gasteiger partial charge on any atom is 0.227 e. The molecule has 7 heteroatoms. The molecule has 1 unspecified atom stereocenters. The van der Waals surface area contributed by atoms with Crippen LogP contribution in [0.3, 0.4) is 0 Å². The molecule has 1 aliphatic heterocycles. The molecule has 0 N–H and O–H groups in total. The third-order valence-electron chi connectivity index (χ3n) is 5.94. The molecule has 0 saturated carbocycles. The summed E-state index contributed by atoms with van der Waals surface area (Å²) in [4.78, 5) is 19.5. The number of rotatable bonds is 5. The predicted octanol–water partition coefficient (Wildman–Crippen LogP) is 5.41. The van der Waals surface area contributed by atoms with Crippen LogP contribution < -0.4 is 9.64 Å². The molecule has 2 heterocycles. The first-order chi connectivity index (χ1) is 15.5. The zero-order valence-corrected chi connectivity index (χ0v) is 18.2. The van der Waals surface area contributed by atoms with Crippen molar-refractivity contribution in [2.75, 3.05) is 18.6 Å². The number of hydrogen-bond acceptors (Lipinski definition) is 3. The number of aromatic nitrogens is 2. The first-order valence-electron chi connectivity index (χ1n) is 10.4. The van der Waals surface area contributed by atoms with Gasteiger partial charge in [-0.1, -0.05) is 29.8 Å². The van der Waals surface area contributed by atoms with Crippen LogP contribution in [0.15, 0.2) is 66.7 Å². The quantitative estimate of drug-likeness (QED) is 0.409. The number of anilines is 1. The second-order valence-electron chi connectivity index (χ2n) is 7.85. The Labute approximate surface area is 190 Å². The van der Waals surface area contributed by atoms with Gasteiger partial charge in [0.15, 0.2) is 0 Å². The zero-order valence-electron chi connectivity index (χ0n) is 17.5. The number of fused-ring (bicyclic) bond motifs is 1. The summed E-state index contributed by atoms with van der Waals surface area (Å²) in [5.74, 6) is 1.05. The first kappa shape index (κ1) is 20.5. The first-order valence-corrected chi connectivity index (χ1v) is 10.8. The monoisotopic (exact) mass is 449 g/mol. The van der Waals surface area contributed by atoms with E-state index in [0.29, 0.717) is 23.6 Å². The lowest BCUT2D eigenvalue weighted by Crippen LogP contribution is -2.24. The van der Waals surface area contributed by atoms with E-state index in [4.69, 9.17) is 21.3 Å². The van der Waals surface area contributed by atoms with E-state index in [9.17, 15) is 9.18 Å². The normalized spacial score (nSPS) is 16.2. The molecule has 1 atom stereocenters. The minimum atomic E-state index is -0.358. The van der Waals surface area contributed by atoms with Crippen LogP contribution in [0.2, 0.25) is 5.02 Å². The van der Waals surface area contributed by atoms with Crippen LogP contribution in [0.5, 0.6) is 5.75 Å². The summed E-state index contributed by atoms with van der Waals surface area (Å²) >= 11 is 6.31. The average molecular weight is 450 g/mol. The number of para-hydroxylation sites is 2. The summed E-state index contributed by atoms with van der Waals surface area (Å²) in [6.45, 7) is 0.744. The molecule has 0 aliphatic carbocycles. The number of benzene rings is 3. The fraction of sp³-hybridized carbons (Fsp3) is 0.200. The Hall–Kier alpha value is -3.38. The predicted molar refractivity (Wildman–Crippen MR) is 123 cm³/mol. The van der Waals surface area contributed by atoms with Crippen LogP contribution in [0.1, 0.15) is 23.7 Å². The summed E-state index contributed by atoms with van der Waals surface area (Å²) < 4.78 is 21.8. The van der Waals surface area contributed by atoms with Gasteiger partial charge in [0.05, 0.1) is 24.7 Å². The van der Waals surface area contributed by atoms with Gasteiger partial charge in [-0.3, -0.25) is 4.79 Å². The highest BCUT2D eigenvalue weighted by Gasteiger charge is 2.35. The highest BCUT2D eigenvalue weighted by molar-refractivity contribution is 6.31. The van der Waals surface area contributed by atoms with Crippen molar-refractivity contribution in [3.63, 3.8) is 0 Å². The van der Waals surface area contributed by atoms with Crippen LogP contribution >= 0.6 is 11.6 Å². The van der Waals surface area contributed by atoms with Gasteiger partial charge < -0.3 is 14.2 Å². The minimum absolute atomic E-state index is 0.0303. The molecule has 1 fully saturated rings. The van der Waals surface area contributed by atoms with Crippen LogP contribution in [-0.4, -0.2) is 29.1 Å².